The number of hydrogen-bond acceptors (Lipinski definition) is 5. The van der Waals surface area contributed by atoms with Crippen molar-refractivity contribution in [3.05, 3.63) is 35.1 Å². The zero-order chi connectivity index (χ0) is 14.8. The lowest BCUT2D eigenvalue weighted by Gasteiger charge is -2.10. The topological polar surface area (TPSA) is 88.9 Å². The maximum Gasteiger partial charge on any atom is 0.229 e. The summed E-state index contributed by atoms with van der Waals surface area (Å²) in [6.45, 7) is 0.540. The minimum atomic E-state index is -3.34. The predicted molar refractivity (Wildman–Crippen MR) is 78.2 cm³/mol. The fraction of sp³-hybridized carbons (Fsp3) is 0.273. The SMILES string of the molecule is Cn1nncc1CNc1ccc(NS(C)(=O)=O)c(Cl)c1. The van der Waals surface area contributed by atoms with Gasteiger partial charge < -0.3 is 5.32 Å². The van der Waals surface area contributed by atoms with Crippen LogP contribution in [0.3, 0.4) is 0 Å². The van der Waals surface area contributed by atoms with E-state index < -0.39 is 10.0 Å². The van der Waals surface area contributed by atoms with Crippen LogP contribution in [0.2, 0.25) is 5.02 Å². The largest absolute Gasteiger partial charge is 0.379 e. The van der Waals surface area contributed by atoms with Gasteiger partial charge in [0.05, 0.1) is 35.4 Å². The summed E-state index contributed by atoms with van der Waals surface area (Å²) in [7, 11) is -1.54. The van der Waals surface area contributed by atoms with E-state index in [1.54, 1.807) is 36.1 Å². The molecule has 0 bridgehead atoms. The molecule has 0 unspecified atom stereocenters. The van der Waals surface area contributed by atoms with Gasteiger partial charge in [-0.3, -0.25) is 9.40 Å². The van der Waals surface area contributed by atoms with Gasteiger partial charge in [0, 0.05) is 12.7 Å². The van der Waals surface area contributed by atoms with Crippen LogP contribution in [0.5, 0.6) is 0 Å². The molecule has 7 nitrogen and oxygen atoms in total. The number of nitrogens with zero attached hydrogens (tertiary/aromatic N) is 3. The molecule has 9 heteroatoms. The number of halogens is 1. The minimum absolute atomic E-state index is 0.323. The Morgan fingerprint density at radius 1 is 1.40 bits per heavy atom. The van der Waals surface area contributed by atoms with Crippen molar-refractivity contribution in [3.63, 3.8) is 0 Å². The highest BCUT2D eigenvalue weighted by Crippen LogP contribution is 2.26. The van der Waals surface area contributed by atoms with Gasteiger partial charge in [0.15, 0.2) is 0 Å². The molecule has 2 rings (SSSR count). The van der Waals surface area contributed by atoms with Crippen LogP contribution in [0.25, 0.3) is 0 Å². The predicted octanol–water partition coefficient (Wildman–Crippen LogP) is 1.45. The first-order chi connectivity index (χ1) is 9.35. The number of rotatable bonds is 5. The van der Waals surface area contributed by atoms with Crippen LogP contribution < -0.4 is 10.0 Å². The molecule has 1 heterocycles. The average molecular weight is 316 g/mol. The first-order valence-electron chi connectivity index (χ1n) is 5.70. The molecule has 0 aliphatic carbocycles. The standard InChI is InChI=1S/C11H14ClN5O2S/c1-17-9(7-14-16-17)6-13-8-3-4-11(10(12)5-8)15-20(2,18)19/h3-5,7,13,15H,6H2,1-2H3. The number of anilines is 2. The van der Waals surface area contributed by atoms with Crippen molar-refractivity contribution in [1.29, 1.82) is 0 Å². The summed E-state index contributed by atoms with van der Waals surface area (Å²) in [5.41, 5.74) is 2.04. The van der Waals surface area contributed by atoms with Crippen LogP contribution in [-0.2, 0) is 23.6 Å². The van der Waals surface area contributed by atoms with Crippen LogP contribution in [0.15, 0.2) is 24.4 Å². The molecular weight excluding hydrogens is 302 g/mol. The van der Waals surface area contributed by atoms with E-state index in [0.717, 1.165) is 17.6 Å². The molecular formula is C11H14ClN5O2S. The molecule has 2 N–H and O–H groups in total. The van der Waals surface area contributed by atoms with E-state index in [9.17, 15) is 8.42 Å². The summed E-state index contributed by atoms with van der Waals surface area (Å²) in [5.74, 6) is 0. The van der Waals surface area contributed by atoms with E-state index in [1.807, 2.05) is 0 Å². The highest BCUT2D eigenvalue weighted by molar-refractivity contribution is 7.92. The molecule has 1 aromatic carbocycles. The Hall–Kier alpha value is -1.80. The van der Waals surface area contributed by atoms with Crippen molar-refractivity contribution in [3.8, 4) is 0 Å². The second kappa shape index (κ2) is 5.68. The van der Waals surface area contributed by atoms with E-state index >= 15 is 0 Å². The Balaban J connectivity index is 2.07. The van der Waals surface area contributed by atoms with Gasteiger partial charge >= 0.3 is 0 Å². The molecule has 0 fully saturated rings. The maximum atomic E-state index is 11.2. The van der Waals surface area contributed by atoms with Crippen LogP contribution in [0.1, 0.15) is 5.69 Å². The van der Waals surface area contributed by atoms with Crippen LogP contribution in [0.4, 0.5) is 11.4 Å². The molecule has 0 saturated carbocycles. The number of sulfonamides is 1. The molecule has 20 heavy (non-hydrogen) atoms. The maximum absolute atomic E-state index is 11.2. The Morgan fingerprint density at radius 3 is 2.70 bits per heavy atom. The Bertz CT molecular complexity index is 713. The minimum Gasteiger partial charge on any atom is -0.379 e. The zero-order valence-corrected chi connectivity index (χ0v) is 12.5. The van der Waals surface area contributed by atoms with Gasteiger partial charge in [-0.2, -0.15) is 0 Å². The monoisotopic (exact) mass is 315 g/mol. The Labute approximate surface area is 122 Å². The van der Waals surface area contributed by atoms with Crippen LogP contribution in [0, 0.1) is 0 Å². The molecule has 108 valence electrons. The lowest BCUT2D eigenvalue weighted by molar-refractivity contribution is 0.607. The van der Waals surface area contributed by atoms with Gasteiger partial charge in [-0.05, 0) is 18.2 Å². The molecule has 0 spiro atoms. The summed E-state index contributed by atoms with van der Waals surface area (Å²) in [6, 6.07) is 5.00. The quantitative estimate of drug-likeness (QED) is 0.872. The summed E-state index contributed by atoms with van der Waals surface area (Å²) in [4.78, 5) is 0. The van der Waals surface area contributed by atoms with Gasteiger partial charge in [0.2, 0.25) is 10.0 Å². The van der Waals surface area contributed by atoms with Gasteiger partial charge in [-0.1, -0.05) is 16.8 Å². The zero-order valence-electron chi connectivity index (χ0n) is 11.0. The summed E-state index contributed by atoms with van der Waals surface area (Å²) in [5, 5.41) is 11.1. The van der Waals surface area contributed by atoms with Gasteiger partial charge in [0.1, 0.15) is 0 Å². The summed E-state index contributed by atoms with van der Waals surface area (Å²) >= 11 is 6.03. The normalized spacial score (nSPS) is 11.3. The third-order valence-corrected chi connectivity index (χ3v) is 3.45. The lowest BCUT2D eigenvalue weighted by atomic mass is 10.3. The van der Waals surface area contributed by atoms with Gasteiger partial charge in [0.25, 0.3) is 0 Å². The highest BCUT2D eigenvalue weighted by Gasteiger charge is 2.07. The van der Waals surface area contributed by atoms with Crippen molar-refractivity contribution in [2.75, 3.05) is 16.3 Å². The first kappa shape index (κ1) is 14.6. The smallest absolute Gasteiger partial charge is 0.229 e. The van der Waals surface area contributed by atoms with Crippen LogP contribution in [-0.4, -0.2) is 29.7 Å². The fourth-order valence-electron chi connectivity index (χ4n) is 1.57. The van der Waals surface area contributed by atoms with E-state index in [1.165, 1.54) is 0 Å². The number of aromatic nitrogens is 3. The highest BCUT2D eigenvalue weighted by atomic mass is 35.5. The molecule has 0 amide bonds. The van der Waals surface area contributed by atoms with E-state index in [2.05, 4.69) is 20.4 Å². The third kappa shape index (κ3) is 3.84. The van der Waals surface area contributed by atoms with Crippen molar-refractivity contribution >= 4 is 33.0 Å². The first-order valence-corrected chi connectivity index (χ1v) is 7.97. The van der Waals surface area contributed by atoms with E-state index in [0.29, 0.717) is 17.3 Å². The summed E-state index contributed by atoms with van der Waals surface area (Å²) < 4.78 is 26.3. The van der Waals surface area contributed by atoms with Gasteiger partial charge in [-0.15, -0.1) is 5.10 Å². The van der Waals surface area contributed by atoms with E-state index in [-0.39, 0.29) is 0 Å². The second-order valence-corrected chi connectivity index (χ2v) is 6.43. The number of aryl methyl sites for hydroxylation is 1. The van der Waals surface area contributed by atoms with Crippen molar-refractivity contribution < 1.29 is 8.42 Å². The molecule has 2 aromatic rings. The summed E-state index contributed by atoms with van der Waals surface area (Å²) in [6.07, 6.45) is 2.74. The van der Waals surface area contributed by atoms with Crippen molar-refractivity contribution in [2.45, 2.75) is 6.54 Å². The number of nitrogens with one attached hydrogen (secondary N) is 2. The number of hydrogen-bond donors (Lipinski definition) is 2. The molecule has 0 radical (unpaired) electrons. The Morgan fingerprint density at radius 2 is 2.15 bits per heavy atom. The van der Waals surface area contributed by atoms with Gasteiger partial charge in [-0.25, -0.2) is 8.42 Å². The number of benzene rings is 1. The van der Waals surface area contributed by atoms with Crippen molar-refractivity contribution in [1.82, 2.24) is 15.0 Å². The van der Waals surface area contributed by atoms with Crippen LogP contribution >= 0.6 is 11.6 Å². The third-order valence-electron chi connectivity index (χ3n) is 2.55. The molecule has 0 aliphatic rings. The van der Waals surface area contributed by atoms with E-state index in [4.69, 9.17) is 11.6 Å². The molecule has 1 aromatic heterocycles. The molecule has 0 atom stereocenters. The Kier molecular flexibility index (Phi) is 4.15. The molecule has 0 saturated heterocycles. The molecule has 0 aliphatic heterocycles. The lowest BCUT2D eigenvalue weighted by Crippen LogP contribution is -2.10. The fourth-order valence-corrected chi connectivity index (χ4v) is 2.43. The average Bonchev–Trinajstić information content (AvgIpc) is 2.74. The second-order valence-electron chi connectivity index (χ2n) is 4.27. The van der Waals surface area contributed by atoms with Crippen molar-refractivity contribution in [2.24, 2.45) is 7.05 Å².